The highest BCUT2D eigenvalue weighted by Crippen LogP contribution is 2.49. The lowest BCUT2D eigenvalue weighted by Crippen LogP contribution is -2.33. The van der Waals surface area contributed by atoms with Crippen molar-refractivity contribution < 1.29 is 5.11 Å². The van der Waals surface area contributed by atoms with E-state index in [0.717, 1.165) is 26.0 Å². The maximum absolute atomic E-state index is 10.5. The van der Waals surface area contributed by atoms with Crippen molar-refractivity contribution >= 4 is 43.2 Å². The maximum atomic E-state index is 10.5. The molecule has 0 amide bonds. The normalized spacial score (nSPS) is 21.2. The van der Waals surface area contributed by atoms with E-state index < -0.39 is 6.10 Å². The van der Waals surface area contributed by atoms with E-state index in [0.29, 0.717) is 6.54 Å². The number of aliphatic hydroxyl groups is 1. The molecule has 3 N–H and O–H groups in total. The van der Waals surface area contributed by atoms with E-state index in [1.165, 1.54) is 12.8 Å². The fourth-order valence-corrected chi connectivity index (χ4v) is 4.69. The molecule has 0 radical (unpaired) electrons. The quantitative estimate of drug-likeness (QED) is 0.851. The van der Waals surface area contributed by atoms with Gasteiger partial charge in [0.1, 0.15) is 0 Å². The second-order valence-electron chi connectivity index (χ2n) is 4.45. The van der Waals surface area contributed by atoms with Gasteiger partial charge in [-0.3, -0.25) is 0 Å². The van der Waals surface area contributed by atoms with Crippen LogP contribution in [0, 0.1) is 5.41 Å². The van der Waals surface area contributed by atoms with Crippen LogP contribution in [0.4, 0.5) is 0 Å². The van der Waals surface area contributed by atoms with Gasteiger partial charge in [0.2, 0.25) is 0 Å². The van der Waals surface area contributed by atoms with E-state index in [1.807, 2.05) is 6.07 Å². The highest BCUT2D eigenvalue weighted by atomic mass is 79.9. The average Bonchev–Trinajstić information content (AvgIpc) is 2.87. The highest BCUT2D eigenvalue weighted by Gasteiger charge is 2.40. The summed E-state index contributed by atoms with van der Waals surface area (Å²) in [6.07, 6.45) is 4.02. The molecular formula is C11H15Br2NOS. The maximum Gasteiger partial charge on any atom is 0.0950 e. The Hall–Kier alpha value is 0.580. The molecule has 1 aliphatic carbocycles. The summed E-state index contributed by atoms with van der Waals surface area (Å²) in [6.45, 7) is 0.571. The molecular weight excluding hydrogens is 354 g/mol. The van der Waals surface area contributed by atoms with Crippen LogP contribution in [0.1, 0.15) is 36.7 Å². The van der Waals surface area contributed by atoms with Crippen molar-refractivity contribution in [3.63, 3.8) is 0 Å². The first kappa shape index (κ1) is 13.0. The van der Waals surface area contributed by atoms with E-state index in [4.69, 9.17) is 5.73 Å². The van der Waals surface area contributed by atoms with Gasteiger partial charge in [-0.25, -0.2) is 0 Å². The zero-order chi connectivity index (χ0) is 11.8. The Bertz CT molecular complexity index is 355. The Morgan fingerprint density at radius 1 is 1.44 bits per heavy atom. The zero-order valence-corrected chi connectivity index (χ0v) is 12.9. The van der Waals surface area contributed by atoms with Crippen molar-refractivity contribution in [3.05, 3.63) is 19.2 Å². The third-order valence-electron chi connectivity index (χ3n) is 3.52. The van der Waals surface area contributed by atoms with Crippen LogP contribution >= 0.6 is 43.2 Å². The molecule has 0 aliphatic heterocycles. The number of thiophene rings is 1. The summed E-state index contributed by atoms with van der Waals surface area (Å²) in [5, 5.41) is 10.5. The number of nitrogens with two attached hydrogens (primary N) is 1. The summed E-state index contributed by atoms with van der Waals surface area (Å²) in [5.41, 5.74) is 5.78. The summed E-state index contributed by atoms with van der Waals surface area (Å²) < 4.78 is 2.04. The van der Waals surface area contributed by atoms with Crippen LogP contribution in [0.3, 0.4) is 0 Å². The van der Waals surface area contributed by atoms with Crippen LogP contribution in [0.2, 0.25) is 0 Å². The van der Waals surface area contributed by atoms with Crippen LogP contribution < -0.4 is 5.73 Å². The van der Waals surface area contributed by atoms with E-state index in [9.17, 15) is 5.11 Å². The molecule has 1 saturated carbocycles. The third-order valence-corrected chi connectivity index (χ3v) is 6.83. The van der Waals surface area contributed by atoms with Gasteiger partial charge in [0.15, 0.2) is 0 Å². The van der Waals surface area contributed by atoms with Gasteiger partial charge in [-0.15, -0.1) is 11.3 Å². The molecule has 2 nitrogen and oxygen atoms in total. The predicted octanol–water partition coefficient (Wildman–Crippen LogP) is 3.83. The summed E-state index contributed by atoms with van der Waals surface area (Å²) in [6, 6.07) is 2.00. The van der Waals surface area contributed by atoms with Crippen molar-refractivity contribution in [1.29, 1.82) is 0 Å². The van der Waals surface area contributed by atoms with Gasteiger partial charge in [0, 0.05) is 21.3 Å². The predicted molar refractivity (Wildman–Crippen MR) is 74.6 cm³/mol. The SMILES string of the molecule is NCC1(C(O)c2cc(Br)c(Br)s2)CCCC1. The minimum absolute atomic E-state index is 0.0935. The van der Waals surface area contributed by atoms with Crippen molar-refractivity contribution in [2.75, 3.05) is 6.54 Å². The van der Waals surface area contributed by atoms with Gasteiger partial charge in [-0.2, -0.15) is 0 Å². The van der Waals surface area contributed by atoms with Crippen LogP contribution in [0.15, 0.2) is 14.3 Å². The first-order valence-corrected chi connectivity index (χ1v) is 7.82. The number of halogens is 2. The van der Waals surface area contributed by atoms with Gasteiger partial charge in [-0.1, -0.05) is 12.8 Å². The van der Waals surface area contributed by atoms with E-state index >= 15 is 0 Å². The van der Waals surface area contributed by atoms with Crippen LogP contribution in [-0.2, 0) is 0 Å². The molecule has 1 atom stereocenters. The van der Waals surface area contributed by atoms with E-state index in [1.54, 1.807) is 11.3 Å². The molecule has 0 bridgehead atoms. The van der Waals surface area contributed by atoms with Gasteiger partial charge in [-0.05, 0) is 50.8 Å². The van der Waals surface area contributed by atoms with Gasteiger partial charge in [0.25, 0.3) is 0 Å². The Morgan fingerprint density at radius 3 is 2.50 bits per heavy atom. The lowest BCUT2D eigenvalue weighted by molar-refractivity contribution is 0.0361. The summed E-state index contributed by atoms with van der Waals surface area (Å²) >= 11 is 8.50. The van der Waals surface area contributed by atoms with E-state index in [-0.39, 0.29) is 5.41 Å². The Morgan fingerprint density at radius 2 is 2.06 bits per heavy atom. The van der Waals surface area contributed by atoms with Crippen LogP contribution in [0.25, 0.3) is 0 Å². The molecule has 0 saturated heterocycles. The average molecular weight is 369 g/mol. The fourth-order valence-electron chi connectivity index (χ4n) is 2.47. The molecule has 0 aromatic carbocycles. The van der Waals surface area contributed by atoms with Gasteiger partial charge >= 0.3 is 0 Å². The largest absolute Gasteiger partial charge is 0.387 e. The first-order chi connectivity index (χ1) is 7.59. The molecule has 0 spiro atoms. The molecule has 1 aliphatic rings. The lowest BCUT2D eigenvalue weighted by Gasteiger charge is -2.32. The topological polar surface area (TPSA) is 46.2 Å². The first-order valence-electron chi connectivity index (χ1n) is 5.42. The number of hydrogen-bond acceptors (Lipinski definition) is 3. The fraction of sp³-hybridized carbons (Fsp3) is 0.636. The van der Waals surface area contributed by atoms with Gasteiger partial charge in [0.05, 0.1) is 9.89 Å². The summed E-state index contributed by atoms with van der Waals surface area (Å²) in [4.78, 5) is 1.01. The van der Waals surface area contributed by atoms with Gasteiger partial charge < -0.3 is 10.8 Å². The Balaban J connectivity index is 2.26. The smallest absolute Gasteiger partial charge is 0.0950 e. The minimum Gasteiger partial charge on any atom is -0.387 e. The van der Waals surface area contributed by atoms with Crippen molar-refractivity contribution in [2.45, 2.75) is 31.8 Å². The molecule has 1 unspecified atom stereocenters. The highest BCUT2D eigenvalue weighted by molar-refractivity contribution is 9.13. The number of aliphatic hydroxyl groups excluding tert-OH is 1. The minimum atomic E-state index is -0.424. The zero-order valence-electron chi connectivity index (χ0n) is 8.88. The Labute approximate surface area is 116 Å². The molecule has 1 heterocycles. The lowest BCUT2D eigenvalue weighted by atomic mass is 9.80. The van der Waals surface area contributed by atoms with Crippen LogP contribution in [0.5, 0.6) is 0 Å². The molecule has 1 aromatic rings. The standard InChI is InChI=1S/C11H15Br2NOS/c12-7-5-8(16-10(7)13)9(15)11(6-14)3-1-2-4-11/h5,9,15H,1-4,6,14H2. The molecule has 1 fully saturated rings. The van der Waals surface area contributed by atoms with Crippen molar-refractivity contribution in [2.24, 2.45) is 11.1 Å². The van der Waals surface area contributed by atoms with Crippen molar-refractivity contribution in [1.82, 2.24) is 0 Å². The molecule has 90 valence electrons. The van der Waals surface area contributed by atoms with E-state index in [2.05, 4.69) is 31.9 Å². The monoisotopic (exact) mass is 367 g/mol. The second kappa shape index (κ2) is 5.06. The molecule has 5 heteroatoms. The third kappa shape index (κ3) is 2.25. The van der Waals surface area contributed by atoms with Crippen LogP contribution in [-0.4, -0.2) is 11.7 Å². The summed E-state index contributed by atoms with van der Waals surface area (Å²) in [7, 11) is 0. The second-order valence-corrected chi connectivity index (χ2v) is 7.70. The van der Waals surface area contributed by atoms with Crippen molar-refractivity contribution in [3.8, 4) is 0 Å². The summed E-state index contributed by atoms with van der Waals surface area (Å²) in [5.74, 6) is 0. The molecule has 1 aromatic heterocycles. The molecule has 16 heavy (non-hydrogen) atoms. The Kier molecular flexibility index (Phi) is 4.12. The number of rotatable bonds is 3. The number of hydrogen-bond donors (Lipinski definition) is 2. The molecule has 2 rings (SSSR count).